The normalized spacial score (nSPS) is 12.1. The zero-order valence-electron chi connectivity index (χ0n) is 20.1. The Balaban J connectivity index is 1.38. The van der Waals surface area contributed by atoms with Crippen molar-refractivity contribution in [2.24, 2.45) is 0 Å². The van der Waals surface area contributed by atoms with Crippen LogP contribution >= 0.6 is 0 Å². The largest absolute Gasteiger partial charge is 0.452 e. The monoisotopic (exact) mass is 460 g/mol. The molecule has 0 fully saturated rings. The highest BCUT2D eigenvalue weighted by Gasteiger charge is 2.17. The summed E-state index contributed by atoms with van der Waals surface area (Å²) in [5.74, 6) is 1.51. The first-order valence-corrected chi connectivity index (χ1v) is 12.3. The van der Waals surface area contributed by atoms with Gasteiger partial charge in [0.1, 0.15) is 19.0 Å². The lowest BCUT2D eigenvalue weighted by molar-refractivity contribution is 0.572. The molecule has 0 unspecified atom stereocenters. The predicted octanol–water partition coefficient (Wildman–Crippen LogP) is 8.03. The van der Waals surface area contributed by atoms with E-state index in [4.69, 9.17) is 8.83 Å². The summed E-state index contributed by atoms with van der Waals surface area (Å²) in [7, 11) is 2.17. The second kappa shape index (κ2) is 7.02. The number of aryl methyl sites for hydroxylation is 1. The summed E-state index contributed by atoms with van der Waals surface area (Å²) in [6, 6.07) is 34.6. The van der Waals surface area contributed by atoms with Crippen molar-refractivity contribution in [1.29, 1.82) is 0 Å². The van der Waals surface area contributed by atoms with Crippen LogP contribution in [-0.4, -0.2) is 7.85 Å². The Morgan fingerprint density at radius 3 is 1.47 bits per heavy atom. The van der Waals surface area contributed by atoms with Gasteiger partial charge in [0.05, 0.1) is 0 Å². The highest BCUT2D eigenvalue weighted by molar-refractivity contribution is 6.41. The average molecular weight is 460 g/mol. The van der Waals surface area contributed by atoms with Crippen LogP contribution in [-0.2, 0) is 0 Å². The fourth-order valence-corrected chi connectivity index (χ4v) is 5.82. The van der Waals surface area contributed by atoms with E-state index in [2.05, 4.69) is 112 Å². The summed E-state index contributed by atoms with van der Waals surface area (Å²) in [6.07, 6.45) is 0. The van der Waals surface area contributed by atoms with Gasteiger partial charge in [-0.2, -0.15) is 0 Å². The third kappa shape index (κ3) is 2.74. The van der Waals surface area contributed by atoms with Gasteiger partial charge in [0, 0.05) is 21.5 Å². The molecule has 2 nitrogen and oxygen atoms in total. The Morgan fingerprint density at radius 1 is 0.472 bits per heavy atom. The standard InChI is InChI=1S/C33H21BO2/c1-18-10-23-16-30(35-32(23)27-13-21-8-4-2-6-19(21)11-25(18)27)31-17-24-15-29(34)26-12-20-7-3-5-9-22(20)14-28(26)33(24)36-31/h2-17H,34H2,1H3. The highest BCUT2D eigenvalue weighted by Crippen LogP contribution is 2.39. The topological polar surface area (TPSA) is 26.3 Å². The molecule has 0 aliphatic heterocycles. The van der Waals surface area contributed by atoms with E-state index in [0.717, 1.165) is 44.2 Å². The zero-order chi connectivity index (χ0) is 24.0. The Kier molecular flexibility index (Phi) is 3.86. The molecule has 2 heterocycles. The van der Waals surface area contributed by atoms with Crippen LogP contribution in [0.3, 0.4) is 0 Å². The summed E-state index contributed by atoms with van der Waals surface area (Å²) in [5, 5.41) is 11.8. The zero-order valence-corrected chi connectivity index (χ0v) is 20.1. The molecule has 0 radical (unpaired) electrons. The quantitative estimate of drug-likeness (QED) is 0.183. The summed E-state index contributed by atoms with van der Waals surface area (Å²) >= 11 is 0. The van der Waals surface area contributed by atoms with E-state index < -0.39 is 0 Å². The van der Waals surface area contributed by atoms with Gasteiger partial charge in [0.15, 0.2) is 11.5 Å². The first kappa shape index (κ1) is 19.8. The molecule has 0 saturated heterocycles. The van der Waals surface area contributed by atoms with E-state index in [1.807, 2.05) is 0 Å². The minimum absolute atomic E-state index is 0.757. The highest BCUT2D eigenvalue weighted by atomic mass is 16.4. The van der Waals surface area contributed by atoms with E-state index >= 15 is 0 Å². The molecule has 2 aromatic heterocycles. The maximum atomic E-state index is 6.52. The molecule has 6 aromatic carbocycles. The van der Waals surface area contributed by atoms with Gasteiger partial charge in [-0.3, -0.25) is 0 Å². The molecule has 8 rings (SSSR count). The van der Waals surface area contributed by atoms with Crippen molar-refractivity contribution in [1.82, 2.24) is 0 Å². The van der Waals surface area contributed by atoms with Gasteiger partial charge in [-0.1, -0.05) is 60.1 Å². The van der Waals surface area contributed by atoms with Crippen LogP contribution in [0.1, 0.15) is 5.56 Å². The van der Waals surface area contributed by atoms with Gasteiger partial charge >= 0.3 is 0 Å². The first-order chi connectivity index (χ1) is 17.6. The second-order valence-corrected chi connectivity index (χ2v) is 9.93. The van der Waals surface area contributed by atoms with Crippen LogP contribution in [0.2, 0.25) is 0 Å². The molecule has 8 aromatic rings. The second-order valence-electron chi connectivity index (χ2n) is 9.93. The molecule has 0 spiro atoms. The molecule has 0 N–H and O–H groups in total. The fraction of sp³-hybridized carbons (Fsp3) is 0.0303. The number of hydrogen-bond donors (Lipinski definition) is 0. The van der Waals surface area contributed by atoms with Crippen LogP contribution in [0, 0.1) is 6.92 Å². The average Bonchev–Trinajstić information content (AvgIpc) is 3.52. The van der Waals surface area contributed by atoms with Crippen molar-refractivity contribution in [2.75, 3.05) is 0 Å². The number of hydrogen-bond acceptors (Lipinski definition) is 2. The molecule has 36 heavy (non-hydrogen) atoms. The van der Waals surface area contributed by atoms with Gasteiger partial charge in [-0.05, 0) is 87.3 Å². The summed E-state index contributed by atoms with van der Waals surface area (Å²) < 4.78 is 13.0. The fourth-order valence-electron chi connectivity index (χ4n) is 5.82. The van der Waals surface area contributed by atoms with Crippen LogP contribution in [0.15, 0.2) is 106 Å². The Bertz CT molecular complexity index is 2020. The number of rotatable bonds is 1. The number of benzene rings is 6. The van der Waals surface area contributed by atoms with Gasteiger partial charge in [0.2, 0.25) is 0 Å². The van der Waals surface area contributed by atoms with Crippen LogP contribution in [0.4, 0.5) is 0 Å². The van der Waals surface area contributed by atoms with Crippen molar-refractivity contribution in [3.8, 4) is 11.5 Å². The predicted molar refractivity (Wildman–Crippen MR) is 154 cm³/mol. The van der Waals surface area contributed by atoms with Gasteiger partial charge in [-0.15, -0.1) is 0 Å². The van der Waals surface area contributed by atoms with Crippen LogP contribution in [0.25, 0.3) is 76.5 Å². The van der Waals surface area contributed by atoms with Gasteiger partial charge in [0.25, 0.3) is 0 Å². The maximum absolute atomic E-state index is 6.52. The minimum atomic E-state index is 0.757. The molecule has 3 heteroatoms. The molecular weight excluding hydrogens is 439 g/mol. The summed E-state index contributed by atoms with van der Waals surface area (Å²) in [6.45, 7) is 2.17. The van der Waals surface area contributed by atoms with Gasteiger partial charge < -0.3 is 8.83 Å². The smallest absolute Gasteiger partial charge is 0.170 e. The molecular formula is C33H21BO2. The number of furan rings is 2. The molecule has 168 valence electrons. The first-order valence-electron chi connectivity index (χ1n) is 12.3. The summed E-state index contributed by atoms with van der Waals surface area (Å²) in [5.41, 5.74) is 4.30. The van der Waals surface area contributed by atoms with E-state index in [-0.39, 0.29) is 0 Å². The number of fused-ring (bicyclic) bond motifs is 8. The third-order valence-electron chi connectivity index (χ3n) is 7.62. The minimum Gasteiger partial charge on any atom is -0.452 e. The van der Waals surface area contributed by atoms with E-state index in [1.54, 1.807) is 0 Å². The lowest BCUT2D eigenvalue weighted by atomic mass is 9.87. The summed E-state index contributed by atoms with van der Waals surface area (Å²) in [4.78, 5) is 0. The van der Waals surface area contributed by atoms with Crippen molar-refractivity contribution >= 4 is 78.3 Å². The SMILES string of the molecule is Bc1cc2cc(-c3cc4cc(C)c5cc6ccccc6cc5c4o3)oc2c2cc3ccccc3cc12. The molecule has 0 bridgehead atoms. The van der Waals surface area contributed by atoms with Crippen LogP contribution < -0.4 is 5.46 Å². The van der Waals surface area contributed by atoms with Crippen molar-refractivity contribution < 1.29 is 8.83 Å². The molecule has 0 saturated carbocycles. The van der Waals surface area contributed by atoms with Gasteiger partial charge in [-0.25, -0.2) is 0 Å². The lowest BCUT2D eigenvalue weighted by Crippen LogP contribution is -2.03. The van der Waals surface area contributed by atoms with Crippen molar-refractivity contribution in [3.05, 3.63) is 103 Å². The Morgan fingerprint density at radius 2 is 0.917 bits per heavy atom. The van der Waals surface area contributed by atoms with E-state index in [9.17, 15) is 0 Å². The molecule has 0 aliphatic rings. The molecule has 0 amide bonds. The molecule has 0 atom stereocenters. The molecule has 0 aliphatic carbocycles. The Hall–Kier alpha value is -4.50. The Labute approximate surface area is 208 Å². The lowest BCUT2D eigenvalue weighted by Gasteiger charge is -2.06. The maximum Gasteiger partial charge on any atom is 0.170 e. The van der Waals surface area contributed by atoms with Crippen molar-refractivity contribution in [2.45, 2.75) is 6.92 Å². The van der Waals surface area contributed by atoms with E-state index in [0.29, 0.717) is 0 Å². The van der Waals surface area contributed by atoms with E-state index in [1.165, 1.54) is 43.3 Å². The van der Waals surface area contributed by atoms with Crippen molar-refractivity contribution in [3.63, 3.8) is 0 Å². The third-order valence-corrected chi connectivity index (χ3v) is 7.62. The van der Waals surface area contributed by atoms with Crippen LogP contribution in [0.5, 0.6) is 0 Å².